The van der Waals surface area contributed by atoms with Crippen molar-refractivity contribution in [3.05, 3.63) is 23.3 Å². The van der Waals surface area contributed by atoms with Gasteiger partial charge in [-0.05, 0) is 43.4 Å². The van der Waals surface area contributed by atoms with Crippen LogP contribution in [0, 0.1) is 11.8 Å². The first kappa shape index (κ1) is 14.3. The maximum absolute atomic E-state index is 11.7. The number of fused-ring (bicyclic) bond motifs is 1. The first-order valence-corrected chi connectivity index (χ1v) is 6.88. The molecule has 0 aromatic carbocycles. The third-order valence-electron chi connectivity index (χ3n) is 4.27. The van der Waals surface area contributed by atoms with E-state index >= 15 is 0 Å². The zero-order valence-electron chi connectivity index (χ0n) is 11.5. The third-order valence-corrected chi connectivity index (χ3v) is 4.27. The van der Waals surface area contributed by atoms with Gasteiger partial charge in [0.05, 0.1) is 18.6 Å². The van der Waals surface area contributed by atoms with Gasteiger partial charge in [-0.1, -0.05) is 13.0 Å². The smallest absolute Gasteiger partial charge is 0.309 e. The lowest BCUT2D eigenvalue weighted by atomic mass is 9.84. The number of hydrogen-bond donors (Lipinski definition) is 2. The van der Waals surface area contributed by atoms with Gasteiger partial charge in [0.25, 0.3) is 0 Å². The highest BCUT2D eigenvalue weighted by Gasteiger charge is 2.40. The Balaban J connectivity index is 2.26. The fraction of sp³-hybridized carbons (Fsp3) is 0.667. The minimum absolute atomic E-state index is 0.00997. The van der Waals surface area contributed by atoms with E-state index in [4.69, 9.17) is 4.74 Å². The summed E-state index contributed by atoms with van der Waals surface area (Å²) < 4.78 is 5.39. The largest absolute Gasteiger partial charge is 0.458 e. The molecule has 106 valence electrons. The maximum atomic E-state index is 11.7. The van der Waals surface area contributed by atoms with Gasteiger partial charge < -0.3 is 14.9 Å². The summed E-state index contributed by atoms with van der Waals surface area (Å²) >= 11 is 0. The molecule has 2 rings (SSSR count). The first-order chi connectivity index (χ1) is 9.02. The topological polar surface area (TPSA) is 66.8 Å². The van der Waals surface area contributed by atoms with Gasteiger partial charge >= 0.3 is 5.97 Å². The number of carbonyl (C=O) groups excluding carboxylic acids is 1. The summed E-state index contributed by atoms with van der Waals surface area (Å²) in [6.07, 6.45) is 5.05. The highest BCUT2D eigenvalue weighted by molar-refractivity contribution is 5.75. The summed E-state index contributed by atoms with van der Waals surface area (Å²) in [5.41, 5.74) is 1.76. The van der Waals surface area contributed by atoms with Gasteiger partial charge in [-0.3, -0.25) is 4.79 Å². The monoisotopic (exact) mass is 266 g/mol. The van der Waals surface area contributed by atoms with E-state index < -0.39 is 6.10 Å². The Labute approximate surface area is 113 Å². The second kappa shape index (κ2) is 5.88. The van der Waals surface area contributed by atoms with E-state index in [1.807, 2.05) is 26.0 Å². The van der Waals surface area contributed by atoms with Crippen molar-refractivity contribution >= 4 is 5.97 Å². The van der Waals surface area contributed by atoms with E-state index in [1.54, 1.807) is 0 Å². The third kappa shape index (κ3) is 3.07. The highest BCUT2D eigenvalue weighted by atomic mass is 16.6. The van der Waals surface area contributed by atoms with Crippen molar-refractivity contribution in [2.75, 3.05) is 6.61 Å². The van der Waals surface area contributed by atoms with Gasteiger partial charge in [0.1, 0.15) is 6.10 Å². The quantitative estimate of drug-likeness (QED) is 0.558. The Morgan fingerprint density at radius 2 is 2.21 bits per heavy atom. The van der Waals surface area contributed by atoms with E-state index in [0.717, 1.165) is 24.0 Å². The number of esters is 1. The molecule has 0 spiro atoms. The number of hydrogen-bond acceptors (Lipinski definition) is 4. The number of carbonyl (C=O) groups is 1. The van der Waals surface area contributed by atoms with Gasteiger partial charge in [-0.25, -0.2) is 0 Å². The molecular weight excluding hydrogens is 244 g/mol. The fourth-order valence-electron chi connectivity index (χ4n) is 2.79. The standard InChI is InChI=1S/C15H22O4/c1-9-7-14-12(10(2)15(18)19-14)5-3-11(8-16)4-6-13(9)17/h4,7,10,12-14,16-17H,3,5-6,8H2,1-2H3/b9-7+,11-4-/t10-,12+,13+,14+/m0/s1. The molecule has 1 aliphatic carbocycles. The Bertz CT molecular complexity index is 410. The van der Waals surface area contributed by atoms with Gasteiger partial charge in [0, 0.05) is 5.92 Å². The van der Waals surface area contributed by atoms with E-state index in [-0.39, 0.29) is 30.5 Å². The molecular formula is C15H22O4. The number of ether oxygens (including phenoxy) is 1. The minimum atomic E-state index is -0.574. The lowest BCUT2D eigenvalue weighted by Crippen LogP contribution is -2.21. The molecule has 4 atom stereocenters. The highest BCUT2D eigenvalue weighted by Crippen LogP contribution is 2.35. The molecule has 0 amide bonds. The van der Waals surface area contributed by atoms with Crippen LogP contribution in [-0.4, -0.2) is 35.0 Å². The molecule has 4 nitrogen and oxygen atoms in total. The second-order valence-electron chi connectivity index (χ2n) is 5.58. The molecule has 2 N–H and O–H groups in total. The van der Waals surface area contributed by atoms with Crippen LogP contribution in [0.1, 0.15) is 33.1 Å². The SMILES string of the molecule is C/C1=C\[C@H]2OC(=O)[C@@H](C)[C@H]2CC/C(CO)=C/C[C@H]1O. The van der Waals surface area contributed by atoms with Crippen molar-refractivity contribution in [2.24, 2.45) is 11.8 Å². The fourth-order valence-corrected chi connectivity index (χ4v) is 2.79. The second-order valence-corrected chi connectivity index (χ2v) is 5.58. The van der Waals surface area contributed by atoms with Crippen LogP contribution in [-0.2, 0) is 9.53 Å². The lowest BCUT2D eigenvalue weighted by Gasteiger charge is -2.21. The van der Waals surface area contributed by atoms with Gasteiger partial charge in [0.2, 0.25) is 0 Å². The summed E-state index contributed by atoms with van der Waals surface area (Å²) in [7, 11) is 0. The van der Waals surface area contributed by atoms with Crippen LogP contribution < -0.4 is 0 Å². The van der Waals surface area contributed by atoms with E-state index in [0.29, 0.717) is 6.42 Å². The van der Waals surface area contributed by atoms with Crippen LogP contribution in [0.2, 0.25) is 0 Å². The summed E-state index contributed by atoms with van der Waals surface area (Å²) in [6.45, 7) is 3.75. The molecule has 0 bridgehead atoms. The average Bonchev–Trinajstić information content (AvgIpc) is 2.65. The van der Waals surface area contributed by atoms with Gasteiger partial charge in [-0.2, -0.15) is 0 Å². The Kier molecular flexibility index (Phi) is 4.42. The Hall–Kier alpha value is -1.13. The summed E-state index contributed by atoms with van der Waals surface area (Å²) in [5, 5.41) is 19.3. The maximum Gasteiger partial charge on any atom is 0.309 e. The molecule has 0 radical (unpaired) electrons. The summed E-state index contributed by atoms with van der Waals surface area (Å²) in [6, 6.07) is 0. The number of aliphatic hydroxyl groups is 2. The van der Waals surface area contributed by atoms with Crippen LogP contribution in [0.15, 0.2) is 23.3 Å². The predicted molar refractivity (Wildman–Crippen MR) is 71.3 cm³/mol. The van der Waals surface area contributed by atoms with Crippen molar-refractivity contribution in [3.63, 3.8) is 0 Å². The van der Waals surface area contributed by atoms with Crippen LogP contribution in [0.4, 0.5) is 0 Å². The molecule has 0 aromatic heterocycles. The van der Waals surface area contributed by atoms with Crippen LogP contribution >= 0.6 is 0 Å². The van der Waals surface area contributed by atoms with Gasteiger partial charge in [0.15, 0.2) is 0 Å². The van der Waals surface area contributed by atoms with Crippen LogP contribution in [0.25, 0.3) is 0 Å². The zero-order chi connectivity index (χ0) is 14.0. The number of aliphatic hydroxyl groups excluding tert-OH is 2. The first-order valence-electron chi connectivity index (χ1n) is 6.88. The molecule has 0 unspecified atom stereocenters. The molecule has 0 saturated carbocycles. The molecule has 4 heteroatoms. The minimum Gasteiger partial charge on any atom is -0.458 e. The summed E-state index contributed by atoms with van der Waals surface area (Å²) in [4.78, 5) is 11.7. The zero-order valence-corrected chi connectivity index (χ0v) is 11.5. The van der Waals surface area contributed by atoms with Crippen molar-refractivity contribution in [1.82, 2.24) is 0 Å². The number of rotatable bonds is 1. The predicted octanol–water partition coefficient (Wildman–Crippen LogP) is 1.57. The van der Waals surface area contributed by atoms with E-state index in [2.05, 4.69) is 0 Å². The molecule has 1 saturated heterocycles. The summed E-state index contributed by atoms with van der Waals surface area (Å²) in [5.74, 6) is -0.157. The molecule has 0 aromatic rings. The van der Waals surface area contributed by atoms with E-state index in [9.17, 15) is 15.0 Å². The van der Waals surface area contributed by atoms with Crippen molar-refractivity contribution in [3.8, 4) is 0 Å². The van der Waals surface area contributed by atoms with Gasteiger partial charge in [-0.15, -0.1) is 0 Å². The van der Waals surface area contributed by atoms with Crippen molar-refractivity contribution in [1.29, 1.82) is 0 Å². The van der Waals surface area contributed by atoms with Crippen LogP contribution in [0.5, 0.6) is 0 Å². The van der Waals surface area contributed by atoms with Crippen LogP contribution in [0.3, 0.4) is 0 Å². The van der Waals surface area contributed by atoms with Crippen molar-refractivity contribution in [2.45, 2.75) is 45.3 Å². The van der Waals surface area contributed by atoms with E-state index in [1.165, 1.54) is 0 Å². The molecule has 19 heavy (non-hydrogen) atoms. The van der Waals surface area contributed by atoms with Crippen molar-refractivity contribution < 1.29 is 19.7 Å². The lowest BCUT2D eigenvalue weighted by molar-refractivity contribution is -0.142. The molecule has 1 heterocycles. The average molecular weight is 266 g/mol. The normalized spacial score (nSPS) is 41.6. The molecule has 1 fully saturated rings. The Morgan fingerprint density at radius 3 is 2.89 bits per heavy atom. The Morgan fingerprint density at radius 1 is 1.47 bits per heavy atom. The molecule has 1 aliphatic heterocycles. The molecule has 2 aliphatic rings.